The van der Waals surface area contributed by atoms with Crippen LogP contribution in [0.5, 0.6) is 5.75 Å². The molecule has 0 radical (unpaired) electrons. The van der Waals surface area contributed by atoms with E-state index in [1.165, 1.54) is 18.4 Å². The van der Waals surface area contributed by atoms with Crippen molar-refractivity contribution in [3.8, 4) is 5.75 Å². The minimum Gasteiger partial charge on any atom is -0.497 e. The number of carbonyl (C=O) groups excluding carboxylic acids is 1. The second-order valence-electron chi connectivity index (χ2n) is 8.65. The highest BCUT2D eigenvalue weighted by atomic mass is 127. The molecule has 0 bridgehead atoms. The lowest BCUT2D eigenvalue weighted by Crippen LogP contribution is -2.42. The van der Waals surface area contributed by atoms with Crippen LogP contribution >= 0.6 is 24.0 Å². The highest BCUT2D eigenvalue weighted by Crippen LogP contribution is 2.26. The standard InChI is InChI=1S/C26H35N5O2.HI/c1-27-26(28-18-20-7-11-22(12-8-20)31-17-5-6-25(31)32)29-19-24(30-15-3-4-16-30)21-9-13-23(33-2)14-10-21;/h7-14,24H,3-6,15-19H2,1-2H3,(H2,27,28,29);1H. The van der Waals surface area contributed by atoms with E-state index >= 15 is 0 Å². The average molecular weight is 578 g/mol. The van der Waals surface area contributed by atoms with Crippen molar-refractivity contribution in [1.82, 2.24) is 15.5 Å². The van der Waals surface area contributed by atoms with Crippen molar-refractivity contribution in [2.24, 2.45) is 4.99 Å². The molecule has 2 fully saturated rings. The molecule has 2 aromatic carbocycles. The van der Waals surface area contributed by atoms with E-state index in [9.17, 15) is 4.79 Å². The maximum atomic E-state index is 12.0. The zero-order chi connectivity index (χ0) is 23.0. The number of rotatable bonds is 8. The zero-order valence-electron chi connectivity index (χ0n) is 20.1. The van der Waals surface area contributed by atoms with E-state index in [0.29, 0.717) is 13.0 Å². The third-order valence-corrected chi connectivity index (χ3v) is 6.55. The minimum atomic E-state index is 0. The number of carbonyl (C=O) groups is 1. The number of benzene rings is 2. The zero-order valence-corrected chi connectivity index (χ0v) is 22.5. The molecular formula is C26H36IN5O2. The Labute approximate surface area is 220 Å². The van der Waals surface area contributed by atoms with Gasteiger partial charge in [-0.05, 0) is 67.7 Å². The highest BCUT2D eigenvalue weighted by molar-refractivity contribution is 14.0. The van der Waals surface area contributed by atoms with Crippen molar-refractivity contribution in [2.45, 2.75) is 38.3 Å². The minimum absolute atomic E-state index is 0. The van der Waals surface area contributed by atoms with Gasteiger partial charge in [-0.15, -0.1) is 24.0 Å². The number of nitrogens with zero attached hydrogens (tertiary/aromatic N) is 3. The van der Waals surface area contributed by atoms with Crippen molar-refractivity contribution in [3.05, 3.63) is 59.7 Å². The number of nitrogens with one attached hydrogen (secondary N) is 2. The largest absolute Gasteiger partial charge is 0.497 e. The predicted molar refractivity (Wildman–Crippen MR) is 148 cm³/mol. The second-order valence-corrected chi connectivity index (χ2v) is 8.65. The summed E-state index contributed by atoms with van der Waals surface area (Å²) in [6.07, 6.45) is 4.09. The van der Waals surface area contributed by atoms with E-state index in [1.54, 1.807) is 14.2 Å². The summed E-state index contributed by atoms with van der Waals surface area (Å²) in [5, 5.41) is 6.94. The van der Waals surface area contributed by atoms with E-state index in [1.807, 2.05) is 29.2 Å². The maximum Gasteiger partial charge on any atom is 0.227 e. The van der Waals surface area contributed by atoms with E-state index in [4.69, 9.17) is 4.74 Å². The number of ether oxygens (including phenoxy) is 1. The number of aliphatic imine (C=N–C) groups is 1. The normalized spacial score (nSPS) is 17.4. The van der Waals surface area contributed by atoms with Crippen LogP contribution in [0.1, 0.15) is 42.9 Å². The summed E-state index contributed by atoms with van der Waals surface area (Å²) in [6, 6.07) is 16.9. The SMILES string of the molecule is CN=C(NCc1ccc(N2CCCC2=O)cc1)NCC(c1ccc(OC)cc1)N1CCCC1.I. The predicted octanol–water partition coefficient (Wildman–Crippen LogP) is 3.94. The number of anilines is 1. The Bertz CT molecular complexity index is 943. The van der Waals surface area contributed by atoms with Crippen LogP contribution in [0.25, 0.3) is 0 Å². The quantitative estimate of drug-likeness (QED) is 0.283. The van der Waals surface area contributed by atoms with Gasteiger partial charge in [0, 0.05) is 38.8 Å². The molecule has 0 saturated carbocycles. The molecular weight excluding hydrogens is 541 g/mol. The van der Waals surface area contributed by atoms with Crippen LogP contribution in [-0.2, 0) is 11.3 Å². The highest BCUT2D eigenvalue weighted by Gasteiger charge is 2.24. The van der Waals surface area contributed by atoms with Gasteiger partial charge in [-0.2, -0.15) is 0 Å². The van der Waals surface area contributed by atoms with Crippen molar-refractivity contribution in [3.63, 3.8) is 0 Å². The topological polar surface area (TPSA) is 69.2 Å². The summed E-state index contributed by atoms with van der Waals surface area (Å²) in [6.45, 7) is 4.51. The van der Waals surface area contributed by atoms with Gasteiger partial charge in [0.05, 0.1) is 13.2 Å². The molecule has 0 aromatic heterocycles. The number of hydrogen-bond donors (Lipinski definition) is 2. The number of methoxy groups -OCH3 is 1. The van der Waals surface area contributed by atoms with E-state index in [0.717, 1.165) is 55.6 Å². The van der Waals surface area contributed by atoms with Gasteiger partial charge < -0.3 is 20.3 Å². The lowest BCUT2D eigenvalue weighted by atomic mass is 10.1. The van der Waals surface area contributed by atoms with Crippen molar-refractivity contribution >= 4 is 41.5 Å². The van der Waals surface area contributed by atoms with Crippen molar-refractivity contribution < 1.29 is 9.53 Å². The Morgan fingerprint density at radius 3 is 2.29 bits per heavy atom. The van der Waals surface area contributed by atoms with Crippen LogP contribution in [0.15, 0.2) is 53.5 Å². The van der Waals surface area contributed by atoms with Gasteiger partial charge in [-0.1, -0.05) is 24.3 Å². The monoisotopic (exact) mass is 577 g/mol. The van der Waals surface area contributed by atoms with Crippen LogP contribution in [0, 0.1) is 0 Å². The van der Waals surface area contributed by atoms with Gasteiger partial charge in [-0.3, -0.25) is 14.7 Å². The first-order valence-corrected chi connectivity index (χ1v) is 11.9. The van der Waals surface area contributed by atoms with E-state index in [2.05, 4.69) is 44.8 Å². The lowest BCUT2D eigenvalue weighted by Gasteiger charge is -2.29. The Morgan fingerprint density at radius 2 is 1.71 bits per heavy atom. The molecule has 34 heavy (non-hydrogen) atoms. The molecule has 0 aliphatic carbocycles. The molecule has 2 heterocycles. The first-order chi connectivity index (χ1) is 16.2. The summed E-state index contributed by atoms with van der Waals surface area (Å²) < 4.78 is 5.33. The molecule has 8 heteroatoms. The number of likely N-dealkylation sites (tertiary alicyclic amines) is 1. The number of hydrogen-bond acceptors (Lipinski definition) is 4. The van der Waals surface area contributed by atoms with Gasteiger partial charge in [0.25, 0.3) is 0 Å². The van der Waals surface area contributed by atoms with E-state index in [-0.39, 0.29) is 35.9 Å². The number of halogens is 1. The lowest BCUT2D eigenvalue weighted by molar-refractivity contribution is -0.117. The fourth-order valence-corrected chi connectivity index (χ4v) is 4.65. The fourth-order valence-electron chi connectivity index (χ4n) is 4.65. The summed E-state index contributed by atoms with van der Waals surface area (Å²) in [5.74, 6) is 1.88. The molecule has 1 unspecified atom stereocenters. The van der Waals surface area contributed by atoms with Crippen LogP contribution < -0.4 is 20.3 Å². The first-order valence-electron chi connectivity index (χ1n) is 11.9. The van der Waals surface area contributed by atoms with Gasteiger partial charge >= 0.3 is 0 Å². The molecule has 4 rings (SSSR count). The summed E-state index contributed by atoms with van der Waals surface area (Å²) in [7, 11) is 3.50. The third kappa shape index (κ3) is 6.63. The molecule has 0 spiro atoms. The van der Waals surface area contributed by atoms with Gasteiger partial charge in [0.2, 0.25) is 5.91 Å². The molecule has 2 saturated heterocycles. The molecule has 2 aliphatic rings. The molecule has 1 atom stereocenters. The molecule has 1 amide bonds. The summed E-state index contributed by atoms with van der Waals surface area (Å²) in [5.41, 5.74) is 3.42. The third-order valence-electron chi connectivity index (χ3n) is 6.55. The van der Waals surface area contributed by atoms with Crippen molar-refractivity contribution in [1.29, 1.82) is 0 Å². The Kier molecular flexibility index (Phi) is 10.0. The molecule has 2 aliphatic heterocycles. The average Bonchev–Trinajstić information content (AvgIpc) is 3.54. The Morgan fingerprint density at radius 1 is 1.00 bits per heavy atom. The Hall–Kier alpha value is -2.33. The maximum absolute atomic E-state index is 12.0. The van der Waals surface area contributed by atoms with E-state index < -0.39 is 0 Å². The Balaban J connectivity index is 0.00000324. The molecule has 2 N–H and O–H groups in total. The molecule has 2 aromatic rings. The second kappa shape index (κ2) is 12.9. The smallest absolute Gasteiger partial charge is 0.227 e. The van der Waals surface area contributed by atoms with Crippen LogP contribution in [-0.4, -0.2) is 57.1 Å². The first kappa shape index (κ1) is 26.3. The van der Waals surface area contributed by atoms with Gasteiger partial charge in [-0.25, -0.2) is 0 Å². The summed E-state index contributed by atoms with van der Waals surface area (Å²) >= 11 is 0. The number of amides is 1. The van der Waals surface area contributed by atoms with Crippen molar-refractivity contribution in [2.75, 3.05) is 45.2 Å². The fraction of sp³-hybridized carbons (Fsp3) is 0.462. The molecule has 7 nitrogen and oxygen atoms in total. The van der Waals surface area contributed by atoms with Crippen LogP contribution in [0.4, 0.5) is 5.69 Å². The molecule has 184 valence electrons. The number of guanidine groups is 1. The van der Waals surface area contributed by atoms with Crippen LogP contribution in [0.2, 0.25) is 0 Å². The van der Waals surface area contributed by atoms with Gasteiger partial charge in [0.1, 0.15) is 5.75 Å². The van der Waals surface area contributed by atoms with Crippen LogP contribution in [0.3, 0.4) is 0 Å². The van der Waals surface area contributed by atoms with Gasteiger partial charge in [0.15, 0.2) is 5.96 Å². The summed E-state index contributed by atoms with van der Waals surface area (Å²) in [4.78, 5) is 20.8.